The molecule has 0 radical (unpaired) electrons. The number of carbonyl (C=O) groups excluding carboxylic acids is 1. The Hall–Kier alpha value is -0.850. The molecule has 3 N–H and O–H groups in total. The number of amides is 1. The standard InChI is InChI=1S/C16H33N3O3/c1-6-19(11-13-8-7-9-21-13)14(10-17)12(2)18-15(20)22-16(3,4)5/h12-14H,6-11,17H2,1-5H3,(H,18,20). The Balaban J connectivity index is 2.56. The van der Waals surface area contributed by atoms with E-state index in [9.17, 15) is 4.79 Å². The largest absolute Gasteiger partial charge is 0.444 e. The Morgan fingerprint density at radius 2 is 2.18 bits per heavy atom. The lowest BCUT2D eigenvalue weighted by atomic mass is 10.1. The third-order valence-electron chi connectivity index (χ3n) is 3.90. The van der Waals surface area contributed by atoms with Crippen LogP contribution in [0.1, 0.15) is 47.5 Å². The molecule has 1 saturated heterocycles. The summed E-state index contributed by atoms with van der Waals surface area (Å²) in [5.41, 5.74) is 5.46. The summed E-state index contributed by atoms with van der Waals surface area (Å²) < 4.78 is 11.0. The van der Waals surface area contributed by atoms with Gasteiger partial charge in [0.1, 0.15) is 5.60 Å². The number of nitrogens with one attached hydrogen (secondary N) is 1. The Bertz CT molecular complexity index is 338. The van der Waals surface area contributed by atoms with Gasteiger partial charge >= 0.3 is 6.09 Å². The smallest absolute Gasteiger partial charge is 0.407 e. The third-order valence-corrected chi connectivity index (χ3v) is 3.90. The molecule has 1 amide bonds. The van der Waals surface area contributed by atoms with E-state index in [0.29, 0.717) is 6.54 Å². The van der Waals surface area contributed by atoms with E-state index in [1.807, 2.05) is 27.7 Å². The van der Waals surface area contributed by atoms with Gasteiger partial charge in [-0.1, -0.05) is 6.92 Å². The van der Waals surface area contributed by atoms with Crippen molar-refractivity contribution in [1.29, 1.82) is 0 Å². The van der Waals surface area contributed by atoms with Gasteiger partial charge in [-0.3, -0.25) is 4.90 Å². The maximum absolute atomic E-state index is 11.9. The first kappa shape index (κ1) is 19.2. The van der Waals surface area contributed by atoms with Gasteiger partial charge in [0.05, 0.1) is 6.10 Å². The highest BCUT2D eigenvalue weighted by Crippen LogP contribution is 2.16. The minimum atomic E-state index is -0.496. The number of nitrogens with zero attached hydrogens (tertiary/aromatic N) is 1. The van der Waals surface area contributed by atoms with Crippen molar-refractivity contribution < 1.29 is 14.3 Å². The molecule has 0 aromatic heterocycles. The minimum absolute atomic E-state index is 0.0710. The van der Waals surface area contributed by atoms with Crippen LogP contribution in [-0.2, 0) is 9.47 Å². The lowest BCUT2D eigenvalue weighted by Gasteiger charge is -2.36. The zero-order valence-electron chi connectivity index (χ0n) is 14.7. The first-order valence-electron chi connectivity index (χ1n) is 8.32. The van der Waals surface area contributed by atoms with Crippen molar-refractivity contribution in [2.45, 2.75) is 71.2 Å². The fraction of sp³-hybridized carbons (Fsp3) is 0.938. The first-order valence-corrected chi connectivity index (χ1v) is 8.32. The molecule has 0 aromatic rings. The molecule has 1 rings (SSSR count). The van der Waals surface area contributed by atoms with E-state index < -0.39 is 11.7 Å². The summed E-state index contributed by atoms with van der Waals surface area (Å²) in [5, 5.41) is 2.90. The molecule has 3 atom stereocenters. The molecule has 0 spiro atoms. The second kappa shape index (κ2) is 8.70. The predicted molar refractivity (Wildman–Crippen MR) is 87.9 cm³/mol. The number of carbonyl (C=O) groups is 1. The number of hydrogen-bond donors (Lipinski definition) is 2. The summed E-state index contributed by atoms with van der Waals surface area (Å²) in [5.74, 6) is 0. The lowest BCUT2D eigenvalue weighted by molar-refractivity contribution is 0.0391. The number of ether oxygens (including phenoxy) is 2. The molecular formula is C16H33N3O3. The summed E-state index contributed by atoms with van der Waals surface area (Å²) in [4.78, 5) is 14.2. The second-order valence-corrected chi connectivity index (χ2v) is 6.96. The fourth-order valence-electron chi connectivity index (χ4n) is 2.81. The van der Waals surface area contributed by atoms with E-state index >= 15 is 0 Å². The predicted octanol–water partition coefficient (Wildman–Crippen LogP) is 1.73. The van der Waals surface area contributed by atoms with E-state index in [1.54, 1.807) is 0 Å². The van der Waals surface area contributed by atoms with E-state index in [2.05, 4.69) is 17.1 Å². The maximum Gasteiger partial charge on any atom is 0.407 e. The van der Waals surface area contributed by atoms with Gasteiger partial charge in [0.15, 0.2) is 0 Å². The maximum atomic E-state index is 11.9. The molecule has 22 heavy (non-hydrogen) atoms. The normalized spacial score (nSPS) is 21.7. The van der Waals surface area contributed by atoms with Gasteiger partial charge in [0.25, 0.3) is 0 Å². The zero-order chi connectivity index (χ0) is 16.8. The molecule has 1 fully saturated rings. The molecule has 0 aromatic carbocycles. The highest BCUT2D eigenvalue weighted by atomic mass is 16.6. The van der Waals surface area contributed by atoms with Crippen molar-refractivity contribution in [1.82, 2.24) is 10.2 Å². The van der Waals surface area contributed by atoms with Crippen LogP contribution in [-0.4, -0.2) is 61.0 Å². The summed E-state index contributed by atoms with van der Waals surface area (Å²) in [6.45, 7) is 12.7. The summed E-state index contributed by atoms with van der Waals surface area (Å²) in [6, 6.07) is -0.0112. The second-order valence-electron chi connectivity index (χ2n) is 6.96. The van der Waals surface area contributed by atoms with Gasteiger partial charge in [0.2, 0.25) is 0 Å². The topological polar surface area (TPSA) is 76.8 Å². The van der Waals surface area contributed by atoms with Crippen LogP contribution in [0.5, 0.6) is 0 Å². The summed E-state index contributed by atoms with van der Waals surface area (Å²) >= 11 is 0. The average Bonchev–Trinajstić information content (AvgIpc) is 2.88. The lowest BCUT2D eigenvalue weighted by Crippen LogP contribution is -2.55. The molecule has 130 valence electrons. The molecule has 3 unspecified atom stereocenters. The van der Waals surface area contributed by atoms with Crippen molar-refractivity contribution in [3.63, 3.8) is 0 Å². The van der Waals surface area contributed by atoms with Gasteiger partial charge in [-0.25, -0.2) is 4.79 Å². The summed E-state index contributed by atoms with van der Waals surface area (Å²) in [7, 11) is 0. The van der Waals surface area contributed by atoms with Crippen LogP contribution in [0, 0.1) is 0 Å². The van der Waals surface area contributed by atoms with Crippen molar-refractivity contribution in [2.75, 3.05) is 26.2 Å². The Morgan fingerprint density at radius 3 is 2.64 bits per heavy atom. The number of rotatable bonds is 7. The molecule has 6 heteroatoms. The molecule has 0 saturated carbocycles. The van der Waals surface area contributed by atoms with Crippen LogP contribution in [0.3, 0.4) is 0 Å². The van der Waals surface area contributed by atoms with Gasteiger partial charge in [0, 0.05) is 31.8 Å². The van der Waals surface area contributed by atoms with Gasteiger partial charge in [-0.05, 0) is 47.1 Å². The van der Waals surface area contributed by atoms with E-state index in [0.717, 1.165) is 32.5 Å². The third kappa shape index (κ3) is 6.50. The SMILES string of the molecule is CCN(CC1CCCO1)C(CN)C(C)NC(=O)OC(C)(C)C. The molecule has 0 bridgehead atoms. The van der Waals surface area contributed by atoms with E-state index in [1.165, 1.54) is 0 Å². The van der Waals surface area contributed by atoms with Crippen molar-refractivity contribution in [2.24, 2.45) is 5.73 Å². The monoisotopic (exact) mass is 315 g/mol. The first-order chi connectivity index (χ1) is 10.3. The summed E-state index contributed by atoms with van der Waals surface area (Å²) in [6.07, 6.45) is 2.11. The van der Waals surface area contributed by atoms with E-state index in [-0.39, 0.29) is 18.2 Å². The minimum Gasteiger partial charge on any atom is -0.444 e. The van der Waals surface area contributed by atoms with Crippen molar-refractivity contribution in [3.8, 4) is 0 Å². The van der Waals surface area contributed by atoms with Crippen LogP contribution in [0.25, 0.3) is 0 Å². The molecule has 6 nitrogen and oxygen atoms in total. The highest BCUT2D eigenvalue weighted by Gasteiger charge is 2.28. The molecule has 1 heterocycles. The van der Waals surface area contributed by atoms with Crippen molar-refractivity contribution >= 4 is 6.09 Å². The van der Waals surface area contributed by atoms with Crippen LogP contribution in [0.2, 0.25) is 0 Å². The zero-order valence-corrected chi connectivity index (χ0v) is 14.7. The number of hydrogen-bond acceptors (Lipinski definition) is 5. The average molecular weight is 315 g/mol. The Kier molecular flexibility index (Phi) is 7.59. The molecule has 1 aliphatic rings. The quantitative estimate of drug-likeness (QED) is 0.748. The van der Waals surface area contributed by atoms with Crippen LogP contribution in [0.15, 0.2) is 0 Å². The van der Waals surface area contributed by atoms with Crippen LogP contribution < -0.4 is 11.1 Å². The fourth-order valence-corrected chi connectivity index (χ4v) is 2.81. The number of alkyl carbamates (subject to hydrolysis) is 1. The Labute approximate surface area is 134 Å². The Morgan fingerprint density at radius 1 is 1.50 bits per heavy atom. The number of likely N-dealkylation sites (N-methyl/N-ethyl adjacent to an activating group) is 1. The molecule has 1 aliphatic heterocycles. The van der Waals surface area contributed by atoms with E-state index in [4.69, 9.17) is 15.2 Å². The molecule has 0 aliphatic carbocycles. The van der Waals surface area contributed by atoms with Gasteiger partial charge in [-0.15, -0.1) is 0 Å². The molecular weight excluding hydrogens is 282 g/mol. The number of nitrogens with two attached hydrogens (primary N) is 1. The van der Waals surface area contributed by atoms with Crippen LogP contribution in [0.4, 0.5) is 4.79 Å². The van der Waals surface area contributed by atoms with Gasteiger partial charge in [-0.2, -0.15) is 0 Å². The highest BCUT2D eigenvalue weighted by molar-refractivity contribution is 5.68. The van der Waals surface area contributed by atoms with Crippen molar-refractivity contribution in [3.05, 3.63) is 0 Å². The van der Waals surface area contributed by atoms with Crippen LogP contribution >= 0.6 is 0 Å². The van der Waals surface area contributed by atoms with Gasteiger partial charge < -0.3 is 20.5 Å².